The van der Waals surface area contributed by atoms with Crippen molar-refractivity contribution in [3.8, 4) is 11.5 Å². The van der Waals surface area contributed by atoms with E-state index in [1.807, 2.05) is 12.3 Å². The second-order valence-corrected chi connectivity index (χ2v) is 4.45. The summed E-state index contributed by atoms with van der Waals surface area (Å²) in [6.45, 7) is 1.01. The summed E-state index contributed by atoms with van der Waals surface area (Å²) in [6.07, 6.45) is 6.86. The molecule has 0 aliphatic rings. The van der Waals surface area contributed by atoms with E-state index >= 15 is 0 Å². The third-order valence-corrected chi connectivity index (χ3v) is 3.07. The normalized spacial score (nSPS) is 10.9. The molecule has 0 saturated carbocycles. The SMILES string of the molecule is Cn1ccnc1-c1c(C(=O)O)nnn1CCn1cccn1. The Bertz CT molecular complexity index is 757. The molecule has 0 bridgehead atoms. The minimum Gasteiger partial charge on any atom is -0.476 e. The van der Waals surface area contributed by atoms with Crippen molar-refractivity contribution in [2.45, 2.75) is 13.1 Å². The van der Waals surface area contributed by atoms with E-state index in [4.69, 9.17) is 0 Å². The molecule has 3 rings (SSSR count). The minimum atomic E-state index is -1.13. The highest BCUT2D eigenvalue weighted by atomic mass is 16.4. The van der Waals surface area contributed by atoms with Crippen molar-refractivity contribution in [2.24, 2.45) is 7.05 Å². The first kappa shape index (κ1) is 13.0. The molecule has 3 heterocycles. The number of aromatic nitrogens is 7. The van der Waals surface area contributed by atoms with Crippen LogP contribution in [0, 0.1) is 0 Å². The summed E-state index contributed by atoms with van der Waals surface area (Å²) in [7, 11) is 1.79. The van der Waals surface area contributed by atoms with Crippen LogP contribution in [-0.2, 0) is 20.1 Å². The third kappa shape index (κ3) is 2.40. The molecule has 0 spiro atoms. The first-order valence-corrected chi connectivity index (χ1v) is 6.28. The number of hydrogen-bond donors (Lipinski definition) is 1. The van der Waals surface area contributed by atoms with E-state index in [2.05, 4.69) is 20.4 Å². The average Bonchev–Trinajstić information content (AvgIpc) is 3.15. The summed E-state index contributed by atoms with van der Waals surface area (Å²) < 4.78 is 5.01. The van der Waals surface area contributed by atoms with Crippen LogP contribution in [-0.4, -0.2) is 45.4 Å². The first-order chi connectivity index (χ1) is 10.2. The van der Waals surface area contributed by atoms with E-state index < -0.39 is 5.97 Å². The monoisotopic (exact) mass is 287 g/mol. The summed E-state index contributed by atoms with van der Waals surface area (Å²) >= 11 is 0. The van der Waals surface area contributed by atoms with Gasteiger partial charge in [0.25, 0.3) is 0 Å². The molecule has 3 aromatic heterocycles. The Balaban J connectivity index is 1.97. The highest BCUT2D eigenvalue weighted by molar-refractivity contribution is 5.91. The fourth-order valence-electron chi connectivity index (χ4n) is 2.06. The Hall–Kier alpha value is -2.97. The number of hydrogen-bond acceptors (Lipinski definition) is 5. The maximum Gasteiger partial charge on any atom is 0.358 e. The Labute approximate surface area is 119 Å². The van der Waals surface area contributed by atoms with Crippen molar-refractivity contribution >= 4 is 5.97 Å². The van der Waals surface area contributed by atoms with Crippen molar-refractivity contribution in [1.82, 2.24) is 34.3 Å². The smallest absolute Gasteiger partial charge is 0.358 e. The van der Waals surface area contributed by atoms with E-state index in [0.717, 1.165) is 0 Å². The predicted octanol–water partition coefficient (Wildman–Crippen LogP) is 0.273. The molecule has 108 valence electrons. The molecule has 3 aromatic rings. The van der Waals surface area contributed by atoms with Crippen LogP contribution in [0.2, 0.25) is 0 Å². The van der Waals surface area contributed by atoms with Crippen LogP contribution in [0.5, 0.6) is 0 Å². The molecule has 0 aromatic carbocycles. The lowest BCUT2D eigenvalue weighted by Gasteiger charge is -2.07. The lowest BCUT2D eigenvalue weighted by Crippen LogP contribution is -2.12. The Kier molecular flexibility index (Phi) is 3.22. The van der Waals surface area contributed by atoms with Gasteiger partial charge >= 0.3 is 5.97 Å². The number of nitrogens with zero attached hydrogens (tertiary/aromatic N) is 7. The van der Waals surface area contributed by atoms with E-state index in [0.29, 0.717) is 24.6 Å². The molecule has 0 saturated heterocycles. The van der Waals surface area contributed by atoms with Gasteiger partial charge in [-0.25, -0.2) is 14.5 Å². The molecule has 1 N–H and O–H groups in total. The van der Waals surface area contributed by atoms with Gasteiger partial charge in [-0.05, 0) is 6.07 Å². The van der Waals surface area contributed by atoms with Crippen molar-refractivity contribution in [3.05, 3.63) is 36.5 Å². The highest BCUT2D eigenvalue weighted by Gasteiger charge is 2.23. The van der Waals surface area contributed by atoms with Gasteiger partial charge < -0.3 is 9.67 Å². The third-order valence-electron chi connectivity index (χ3n) is 3.07. The Morgan fingerprint density at radius 2 is 2.14 bits per heavy atom. The van der Waals surface area contributed by atoms with Gasteiger partial charge in [0, 0.05) is 31.8 Å². The maximum absolute atomic E-state index is 11.3. The molecular weight excluding hydrogens is 274 g/mol. The molecule has 21 heavy (non-hydrogen) atoms. The van der Waals surface area contributed by atoms with Gasteiger partial charge in [-0.2, -0.15) is 5.10 Å². The van der Waals surface area contributed by atoms with Crippen LogP contribution in [0.3, 0.4) is 0 Å². The van der Waals surface area contributed by atoms with E-state index in [-0.39, 0.29) is 5.69 Å². The minimum absolute atomic E-state index is 0.107. The van der Waals surface area contributed by atoms with Crippen molar-refractivity contribution in [1.29, 1.82) is 0 Å². The van der Waals surface area contributed by atoms with Crippen molar-refractivity contribution in [2.75, 3.05) is 0 Å². The van der Waals surface area contributed by atoms with Gasteiger partial charge in [0.1, 0.15) is 5.69 Å². The molecule has 0 aliphatic heterocycles. The van der Waals surface area contributed by atoms with Crippen LogP contribution in [0.1, 0.15) is 10.5 Å². The van der Waals surface area contributed by atoms with Crippen LogP contribution < -0.4 is 0 Å². The van der Waals surface area contributed by atoms with Crippen molar-refractivity contribution < 1.29 is 9.90 Å². The molecule has 0 radical (unpaired) electrons. The summed E-state index contributed by atoms with van der Waals surface area (Å²) in [5.74, 6) is -0.615. The fourth-order valence-corrected chi connectivity index (χ4v) is 2.06. The second-order valence-electron chi connectivity index (χ2n) is 4.45. The summed E-state index contributed by atoms with van der Waals surface area (Å²) in [4.78, 5) is 15.5. The lowest BCUT2D eigenvalue weighted by molar-refractivity contribution is 0.0691. The average molecular weight is 287 g/mol. The summed E-state index contributed by atoms with van der Waals surface area (Å²) in [6, 6.07) is 1.82. The number of carboxylic acid groups (broad SMARTS) is 1. The zero-order valence-corrected chi connectivity index (χ0v) is 11.3. The molecule has 0 fully saturated rings. The molecule has 0 atom stereocenters. The van der Waals surface area contributed by atoms with Gasteiger partial charge in [-0.15, -0.1) is 5.10 Å². The second kappa shape index (κ2) is 5.19. The van der Waals surface area contributed by atoms with Gasteiger partial charge in [0.15, 0.2) is 5.82 Å². The molecule has 0 unspecified atom stereocenters. The summed E-state index contributed by atoms with van der Waals surface area (Å²) in [5, 5.41) is 21.0. The topological polar surface area (TPSA) is 104 Å². The summed E-state index contributed by atoms with van der Waals surface area (Å²) in [5.41, 5.74) is 0.284. The van der Waals surface area contributed by atoms with Gasteiger partial charge in [0.2, 0.25) is 5.69 Å². The molecule has 9 heteroatoms. The van der Waals surface area contributed by atoms with Crippen LogP contribution in [0.15, 0.2) is 30.9 Å². The quantitative estimate of drug-likeness (QED) is 0.722. The zero-order chi connectivity index (χ0) is 14.8. The largest absolute Gasteiger partial charge is 0.476 e. The van der Waals surface area contributed by atoms with E-state index in [9.17, 15) is 9.90 Å². The van der Waals surface area contributed by atoms with Gasteiger partial charge in [0.05, 0.1) is 13.1 Å². The maximum atomic E-state index is 11.3. The van der Waals surface area contributed by atoms with Gasteiger partial charge in [-0.3, -0.25) is 4.68 Å². The first-order valence-electron chi connectivity index (χ1n) is 6.28. The number of imidazole rings is 1. The Morgan fingerprint density at radius 1 is 1.29 bits per heavy atom. The van der Waals surface area contributed by atoms with Crippen molar-refractivity contribution in [3.63, 3.8) is 0 Å². The van der Waals surface area contributed by atoms with E-state index in [1.165, 1.54) is 4.68 Å². The highest BCUT2D eigenvalue weighted by Crippen LogP contribution is 2.20. The molecule has 0 aliphatic carbocycles. The number of rotatable bonds is 5. The van der Waals surface area contributed by atoms with E-state index in [1.54, 1.807) is 34.9 Å². The Morgan fingerprint density at radius 3 is 2.76 bits per heavy atom. The number of aryl methyl sites for hydroxylation is 3. The lowest BCUT2D eigenvalue weighted by atomic mass is 10.3. The van der Waals surface area contributed by atoms with Crippen LogP contribution in [0.25, 0.3) is 11.5 Å². The zero-order valence-electron chi connectivity index (χ0n) is 11.3. The molecule has 9 nitrogen and oxygen atoms in total. The predicted molar refractivity (Wildman–Crippen MR) is 71.4 cm³/mol. The number of carboxylic acids is 1. The number of aromatic carboxylic acids is 1. The van der Waals surface area contributed by atoms with Crippen LogP contribution >= 0.6 is 0 Å². The molecular formula is C12H13N7O2. The molecule has 0 amide bonds. The van der Waals surface area contributed by atoms with Gasteiger partial charge in [-0.1, -0.05) is 5.21 Å². The standard InChI is InChI=1S/C12H13N7O2/c1-17-6-4-13-11(17)10-9(12(20)21)15-16-19(10)8-7-18-5-2-3-14-18/h2-6H,7-8H2,1H3,(H,20,21). The number of carbonyl (C=O) groups is 1. The van der Waals surface area contributed by atoms with Crippen LogP contribution in [0.4, 0.5) is 0 Å². The fraction of sp³-hybridized carbons (Fsp3) is 0.250.